The first kappa shape index (κ1) is 15.7. The Bertz CT molecular complexity index is 597. The summed E-state index contributed by atoms with van der Waals surface area (Å²) < 4.78 is 42.7. The zero-order valence-corrected chi connectivity index (χ0v) is 12.3. The van der Waals surface area contributed by atoms with E-state index in [0.29, 0.717) is 11.1 Å². The fraction of sp³-hybridized carbons (Fsp3) is 0.143. The Balaban J connectivity index is 2.19. The maximum absolute atomic E-state index is 12.7. The van der Waals surface area contributed by atoms with Crippen LogP contribution in [-0.4, -0.2) is 26.5 Å². The molecule has 0 heterocycles. The summed E-state index contributed by atoms with van der Waals surface area (Å²) in [6.07, 6.45) is -4.37. The van der Waals surface area contributed by atoms with Crippen molar-refractivity contribution in [3.05, 3.63) is 54.1 Å². The predicted octanol–water partition coefficient (Wildman–Crippen LogP) is 1.37. The second kappa shape index (κ2) is 6.40. The van der Waals surface area contributed by atoms with E-state index in [1.165, 1.54) is 6.07 Å². The highest BCUT2D eigenvalue weighted by Gasteiger charge is 2.30. The van der Waals surface area contributed by atoms with Gasteiger partial charge in [0.2, 0.25) is 0 Å². The lowest BCUT2D eigenvalue weighted by molar-refractivity contribution is -0.179. The van der Waals surface area contributed by atoms with Gasteiger partial charge in [0.25, 0.3) is 6.48 Å². The van der Waals surface area contributed by atoms with Crippen LogP contribution >= 0.6 is 0 Å². The van der Waals surface area contributed by atoms with Crippen molar-refractivity contribution in [1.29, 1.82) is 0 Å². The minimum absolute atomic E-state index is 0.473. The molecule has 2 aromatic carbocycles. The first-order valence-electron chi connectivity index (χ1n) is 6.10. The molecule has 0 aliphatic heterocycles. The van der Waals surface area contributed by atoms with Crippen molar-refractivity contribution < 1.29 is 27.8 Å². The van der Waals surface area contributed by atoms with Gasteiger partial charge in [0, 0.05) is 0 Å². The molecule has 0 amide bonds. The van der Waals surface area contributed by atoms with Gasteiger partial charge in [-0.1, -0.05) is 36.4 Å². The number of rotatable bonds is 4. The largest absolute Gasteiger partial charge is 0.416 e. The molecule has 21 heavy (non-hydrogen) atoms. The number of aliphatic hydroxyl groups excluding tert-OH is 1. The Labute approximate surface area is 121 Å². The summed E-state index contributed by atoms with van der Waals surface area (Å²) in [5, 5.41) is 18.0. The van der Waals surface area contributed by atoms with E-state index in [0.717, 1.165) is 17.3 Å². The molecular weight excluding hydrogens is 301 g/mol. The molecule has 112 valence electrons. The molecule has 0 atom stereocenters. The van der Waals surface area contributed by atoms with Crippen LogP contribution < -0.4 is 5.19 Å². The molecule has 0 aliphatic carbocycles. The van der Waals surface area contributed by atoms with Crippen LogP contribution in [0.25, 0.3) is 11.1 Å². The molecule has 3 nitrogen and oxygen atoms in total. The molecule has 2 N–H and O–H groups in total. The van der Waals surface area contributed by atoms with Crippen LogP contribution in [0.4, 0.5) is 13.2 Å². The average Bonchev–Trinajstić information content (AvgIpc) is 2.45. The van der Waals surface area contributed by atoms with Gasteiger partial charge in [-0.25, -0.2) is 0 Å². The summed E-state index contributed by atoms with van der Waals surface area (Å²) in [7, 11) is -1.26. The van der Waals surface area contributed by atoms with Crippen LogP contribution in [0, 0.1) is 0 Å². The van der Waals surface area contributed by atoms with Gasteiger partial charge >= 0.3 is 6.18 Å². The summed E-state index contributed by atoms with van der Waals surface area (Å²) in [4.78, 5) is 0. The standard InChI is InChI=1S/C14H13F3O3Si/c15-14(16,17)11-3-1-2-10(8-11)9-4-6-12(7-5-9)21-20-13(18)19/h1-8,13,18-19H,21H2. The van der Waals surface area contributed by atoms with Crippen LogP contribution in [0.15, 0.2) is 48.5 Å². The third-order valence-electron chi connectivity index (χ3n) is 2.88. The molecule has 0 saturated carbocycles. The lowest BCUT2D eigenvalue weighted by atomic mass is 10.0. The Morgan fingerprint density at radius 1 is 0.952 bits per heavy atom. The third-order valence-corrected chi connectivity index (χ3v) is 4.15. The van der Waals surface area contributed by atoms with Crippen molar-refractivity contribution in [3.8, 4) is 11.1 Å². The molecule has 0 fully saturated rings. The number of aliphatic hydroxyl groups is 2. The molecular formula is C14H13F3O3Si. The van der Waals surface area contributed by atoms with Crippen LogP contribution in [0.1, 0.15) is 5.56 Å². The molecule has 0 aromatic heterocycles. The zero-order valence-electron chi connectivity index (χ0n) is 10.8. The highest BCUT2D eigenvalue weighted by Crippen LogP contribution is 2.31. The monoisotopic (exact) mass is 314 g/mol. The number of hydrogen-bond acceptors (Lipinski definition) is 3. The Hall–Kier alpha value is -1.67. The van der Waals surface area contributed by atoms with Crippen molar-refractivity contribution in [3.63, 3.8) is 0 Å². The van der Waals surface area contributed by atoms with E-state index in [2.05, 4.69) is 0 Å². The summed E-state index contributed by atoms with van der Waals surface area (Å²) in [5.74, 6) is 0. The van der Waals surface area contributed by atoms with Gasteiger partial charge in [0.05, 0.1) is 5.56 Å². The molecule has 2 rings (SSSR count). The number of hydrogen-bond donors (Lipinski definition) is 2. The summed E-state index contributed by atoms with van der Waals surface area (Å²) >= 11 is 0. The molecule has 0 saturated heterocycles. The summed E-state index contributed by atoms with van der Waals surface area (Å²) in [6, 6.07) is 11.9. The first-order chi connectivity index (χ1) is 9.86. The second-order valence-corrected chi connectivity index (χ2v) is 5.85. The van der Waals surface area contributed by atoms with E-state index in [9.17, 15) is 13.2 Å². The molecule has 0 spiro atoms. The van der Waals surface area contributed by atoms with E-state index in [-0.39, 0.29) is 0 Å². The first-order valence-corrected chi connectivity index (χ1v) is 7.39. The van der Waals surface area contributed by atoms with Gasteiger partial charge in [-0.3, -0.25) is 0 Å². The second-order valence-electron chi connectivity index (χ2n) is 4.41. The van der Waals surface area contributed by atoms with Crippen LogP contribution in [0.5, 0.6) is 0 Å². The van der Waals surface area contributed by atoms with E-state index in [1.54, 1.807) is 30.3 Å². The number of halogens is 3. The number of benzene rings is 2. The molecule has 0 radical (unpaired) electrons. The fourth-order valence-corrected chi connectivity index (χ4v) is 2.61. The van der Waals surface area contributed by atoms with Crippen molar-refractivity contribution in [2.75, 3.05) is 0 Å². The van der Waals surface area contributed by atoms with Crippen molar-refractivity contribution >= 4 is 14.9 Å². The van der Waals surface area contributed by atoms with Crippen LogP contribution in [0.2, 0.25) is 0 Å². The lowest BCUT2D eigenvalue weighted by Gasteiger charge is -2.10. The minimum Gasteiger partial charge on any atom is -0.373 e. The molecule has 0 unspecified atom stereocenters. The Morgan fingerprint density at radius 3 is 2.19 bits per heavy atom. The van der Waals surface area contributed by atoms with Crippen LogP contribution in [0.3, 0.4) is 0 Å². The molecule has 0 aliphatic rings. The smallest absolute Gasteiger partial charge is 0.373 e. The fourth-order valence-electron chi connectivity index (χ4n) is 1.84. The normalized spacial score (nSPS) is 12.5. The van der Waals surface area contributed by atoms with E-state index >= 15 is 0 Å². The van der Waals surface area contributed by atoms with E-state index < -0.39 is 28.0 Å². The maximum Gasteiger partial charge on any atom is 0.416 e. The van der Waals surface area contributed by atoms with Crippen molar-refractivity contribution in [2.45, 2.75) is 12.7 Å². The molecule has 2 aromatic rings. The predicted molar refractivity (Wildman–Crippen MR) is 74.4 cm³/mol. The van der Waals surface area contributed by atoms with E-state index in [1.807, 2.05) is 0 Å². The van der Waals surface area contributed by atoms with Crippen LogP contribution in [-0.2, 0) is 10.6 Å². The quantitative estimate of drug-likeness (QED) is 0.662. The summed E-state index contributed by atoms with van der Waals surface area (Å²) in [5.41, 5.74) is 0.440. The topological polar surface area (TPSA) is 49.7 Å². The SMILES string of the molecule is OC(O)O[SiH2]c1ccc(-c2cccc(C(F)(F)F)c2)cc1. The van der Waals surface area contributed by atoms with Gasteiger partial charge in [-0.2, -0.15) is 13.2 Å². The zero-order chi connectivity index (χ0) is 15.5. The Kier molecular flexibility index (Phi) is 4.79. The highest BCUT2D eigenvalue weighted by atomic mass is 28.2. The van der Waals surface area contributed by atoms with Crippen molar-refractivity contribution in [2.24, 2.45) is 0 Å². The Morgan fingerprint density at radius 2 is 1.62 bits per heavy atom. The van der Waals surface area contributed by atoms with Gasteiger partial charge in [-0.15, -0.1) is 0 Å². The highest BCUT2D eigenvalue weighted by molar-refractivity contribution is 6.46. The minimum atomic E-state index is -4.37. The van der Waals surface area contributed by atoms with Gasteiger partial charge in [-0.05, 0) is 28.4 Å². The maximum atomic E-state index is 12.7. The molecule has 0 bridgehead atoms. The summed E-state index contributed by atoms with van der Waals surface area (Å²) in [6.45, 7) is -1.79. The molecule has 7 heteroatoms. The van der Waals surface area contributed by atoms with E-state index in [4.69, 9.17) is 14.6 Å². The van der Waals surface area contributed by atoms with Gasteiger partial charge in [0.15, 0.2) is 9.76 Å². The van der Waals surface area contributed by atoms with Gasteiger partial charge in [0.1, 0.15) is 0 Å². The van der Waals surface area contributed by atoms with Crippen molar-refractivity contribution in [1.82, 2.24) is 0 Å². The number of alkyl halides is 3. The lowest BCUT2D eigenvalue weighted by Crippen LogP contribution is -2.23. The average molecular weight is 314 g/mol. The van der Waals surface area contributed by atoms with Gasteiger partial charge < -0.3 is 14.6 Å². The third kappa shape index (κ3) is 4.40.